The first-order valence-electron chi connectivity index (χ1n) is 6.06. The first-order valence-corrected chi connectivity index (χ1v) is 7.14. The molecule has 1 amide bonds. The van der Waals surface area contributed by atoms with Gasteiger partial charge in [0.1, 0.15) is 5.75 Å². The summed E-state index contributed by atoms with van der Waals surface area (Å²) in [6, 6.07) is 15.2. The Kier molecular flexibility index (Phi) is 5.17. The minimum absolute atomic E-state index is 0.151. The molecule has 0 radical (unpaired) electrons. The van der Waals surface area contributed by atoms with Gasteiger partial charge in [-0.2, -0.15) is 0 Å². The highest BCUT2D eigenvalue weighted by atomic mass is 127. The Morgan fingerprint density at radius 1 is 1.10 bits per heavy atom. The fourth-order valence-corrected chi connectivity index (χ4v) is 1.96. The van der Waals surface area contributed by atoms with Crippen LogP contribution < -0.4 is 10.1 Å². The molecule has 0 aliphatic rings. The Balaban J connectivity index is 1.96. The van der Waals surface area contributed by atoms with Gasteiger partial charge in [0.05, 0.1) is 7.11 Å². The van der Waals surface area contributed by atoms with Crippen LogP contribution in [0.3, 0.4) is 0 Å². The number of benzene rings is 2. The molecule has 4 heteroatoms. The molecule has 2 rings (SSSR count). The minimum atomic E-state index is -0.151. The number of ether oxygens (including phenoxy) is 1. The molecule has 0 saturated carbocycles. The Hall–Kier alpha value is -1.82. The maximum atomic E-state index is 11.8. The number of halogens is 1. The average molecular weight is 379 g/mol. The highest BCUT2D eigenvalue weighted by molar-refractivity contribution is 14.1. The second kappa shape index (κ2) is 7.09. The number of hydrogen-bond donors (Lipinski definition) is 1. The van der Waals surface area contributed by atoms with E-state index in [1.54, 1.807) is 13.2 Å². The van der Waals surface area contributed by atoms with Gasteiger partial charge in [-0.25, -0.2) is 0 Å². The van der Waals surface area contributed by atoms with Crippen molar-refractivity contribution in [1.82, 2.24) is 0 Å². The first-order chi connectivity index (χ1) is 9.67. The highest BCUT2D eigenvalue weighted by Gasteiger charge is 1.97. The van der Waals surface area contributed by atoms with Crippen LogP contribution in [-0.2, 0) is 4.79 Å². The molecule has 0 aliphatic heterocycles. The zero-order chi connectivity index (χ0) is 14.4. The fourth-order valence-electron chi connectivity index (χ4n) is 1.60. The smallest absolute Gasteiger partial charge is 0.248 e. The third kappa shape index (κ3) is 4.38. The minimum Gasteiger partial charge on any atom is -0.497 e. The summed E-state index contributed by atoms with van der Waals surface area (Å²) >= 11 is 2.22. The molecule has 0 aliphatic carbocycles. The van der Waals surface area contributed by atoms with E-state index in [0.29, 0.717) is 0 Å². The van der Waals surface area contributed by atoms with E-state index in [1.165, 1.54) is 6.08 Å². The van der Waals surface area contributed by atoms with Crippen molar-refractivity contribution in [2.75, 3.05) is 12.4 Å². The molecule has 0 heterocycles. The predicted molar refractivity (Wildman–Crippen MR) is 89.8 cm³/mol. The van der Waals surface area contributed by atoms with Crippen molar-refractivity contribution in [3.8, 4) is 5.75 Å². The third-order valence-electron chi connectivity index (χ3n) is 2.65. The van der Waals surface area contributed by atoms with Gasteiger partial charge < -0.3 is 10.1 Å². The van der Waals surface area contributed by atoms with Gasteiger partial charge in [0.15, 0.2) is 0 Å². The maximum absolute atomic E-state index is 11.8. The molecule has 3 nitrogen and oxygen atoms in total. The SMILES string of the molecule is COc1ccc(/C=C/C(=O)Nc2ccc(I)cc2)cc1. The topological polar surface area (TPSA) is 38.3 Å². The maximum Gasteiger partial charge on any atom is 0.248 e. The zero-order valence-electron chi connectivity index (χ0n) is 11.0. The van der Waals surface area contributed by atoms with E-state index < -0.39 is 0 Å². The zero-order valence-corrected chi connectivity index (χ0v) is 13.1. The number of carbonyl (C=O) groups excluding carboxylic acids is 1. The van der Waals surface area contributed by atoms with Crippen LogP contribution >= 0.6 is 22.6 Å². The van der Waals surface area contributed by atoms with Crippen molar-refractivity contribution in [1.29, 1.82) is 0 Å². The summed E-state index contributed by atoms with van der Waals surface area (Å²) in [4.78, 5) is 11.8. The van der Waals surface area contributed by atoms with E-state index in [4.69, 9.17) is 4.74 Å². The van der Waals surface area contributed by atoms with E-state index in [9.17, 15) is 4.79 Å². The molecule has 0 fully saturated rings. The van der Waals surface area contributed by atoms with Crippen LogP contribution in [0.15, 0.2) is 54.6 Å². The third-order valence-corrected chi connectivity index (χ3v) is 3.37. The lowest BCUT2D eigenvalue weighted by Crippen LogP contribution is -2.07. The lowest BCUT2D eigenvalue weighted by Gasteiger charge is -2.02. The lowest BCUT2D eigenvalue weighted by atomic mass is 10.2. The molecule has 0 aromatic heterocycles. The number of hydrogen-bond acceptors (Lipinski definition) is 2. The Bertz CT molecular complexity index is 603. The number of amides is 1. The van der Waals surface area contributed by atoms with Crippen LogP contribution in [0.1, 0.15) is 5.56 Å². The van der Waals surface area contributed by atoms with Gasteiger partial charge in [-0.1, -0.05) is 12.1 Å². The second-order valence-corrected chi connectivity index (χ2v) is 5.35. The average Bonchev–Trinajstić information content (AvgIpc) is 2.48. The van der Waals surface area contributed by atoms with Gasteiger partial charge in [0, 0.05) is 15.3 Å². The fraction of sp³-hybridized carbons (Fsp3) is 0.0625. The van der Waals surface area contributed by atoms with E-state index in [0.717, 1.165) is 20.6 Å². The Morgan fingerprint density at radius 3 is 2.35 bits per heavy atom. The van der Waals surface area contributed by atoms with Crippen molar-refractivity contribution in [3.05, 3.63) is 63.7 Å². The molecule has 2 aromatic rings. The number of anilines is 1. The van der Waals surface area contributed by atoms with Crippen molar-refractivity contribution < 1.29 is 9.53 Å². The summed E-state index contributed by atoms with van der Waals surface area (Å²) in [5.41, 5.74) is 1.73. The summed E-state index contributed by atoms with van der Waals surface area (Å²) < 4.78 is 6.21. The lowest BCUT2D eigenvalue weighted by molar-refractivity contribution is -0.111. The van der Waals surface area contributed by atoms with Crippen LogP contribution in [0, 0.1) is 3.57 Å². The van der Waals surface area contributed by atoms with E-state index in [-0.39, 0.29) is 5.91 Å². The van der Waals surface area contributed by atoms with E-state index in [1.807, 2.05) is 48.5 Å². The van der Waals surface area contributed by atoms with Gasteiger partial charge >= 0.3 is 0 Å². The molecule has 102 valence electrons. The molecule has 0 atom stereocenters. The normalized spacial score (nSPS) is 10.5. The second-order valence-electron chi connectivity index (χ2n) is 4.10. The summed E-state index contributed by atoms with van der Waals surface area (Å²) in [5.74, 6) is 0.646. The van der Waals surface area contributed by atoms with Crippen LogP contribution in [0.5, 0.6) is 5.75 Å². The summed E-state index contributed by atoms with van der Waals surface area (Å²) in [6.45, 7) is 0. The van der Waals surface area contributed by atoms with Crippen LogP contribution in [0.2, 0.25) is 0 Å². The standard InChI is InChI=1S/C16H14INO2/c1-20-15-9-2-12(3-10-15)4-11-16(19)18-14-7-5-13(17)6-8-14/h2-11H,1H3,(H,18,19)/b11-4+. The molecule has 0 spiro atoms. The van der Waals surface area contributed by atoms with Crippen LogP contribution in [0.25, 0.3) is 6.08 Å². The quantitative estimate of drug-likeness (QED) is 0.646. The Morgan fingerprint density at radius 2 is 1.75 bits per heavy atom. The molecule has 0 saturated heterocycles. The van der Waals surface area contributed by atoms with Gasteiger partial charge in [-0.3, -0.25) is 4.79 Å². The van der Waals surface area contributed by atoms with Crippen LogP contribution in [-0.4, -0.2) is 13.0 Å². The number of nitrogens with one attached hydrogen (secondary N) is 1. The molecular weight excluding hydrogens is 365 g/mol. The van der Waals surface area contributed by atoms with Gasteiger partial charge in [0.2, 0.25) is 5.91 Å². The summed E-state index contributed by atoms with van der Waals surface area (Å²) in [6.07, 6.45) is 3.28. The highest BCUT2D eigenvalue weighted by Crippen LogP contribution is 2.13. The van der Waals surface area contributed by atoms with Crippen molar-refractivity contribution >= 4 is 40.3 Å². The largest absolute Gasteiger partial charge is 0.497 e. The van der Waals surface area contributed by atoms with Crippen molar-refractivity contribution in [2.24, 2.45) is 0 Å². The summed E-state index contributed by atoms with van der Waals surface area (Å²) in [7, 11) is 1.62. The molecular formula is C16H14INO2. The van der Waals surface area contributed by atoms with Crippen molar-refractivity contribution in [2.45, 2.75) is 0 Å². The van der Waals surface area contributed by atoms with E-state index >= 15 is 0 Å². The molecule has 0 unspecified atom stereocenters. The molecule has 20 heavy (non-hydrogen) atoms. The number of methoxy groups -OCH3 is 1. The van der Waals surface area contributed by atoms with Gasteiger partial charge in [0.25, 0.3) is 0 Å². The van der Waals surface area contributed by atoms with E-state index in [2.05, 4.69) is 27.9 Å². The molecule has 1 N–H and O–H groups in total. The monoisotopic (exact) mass is 379 g/mol. The van der Waals surface area contributed by atoms with Gasteiger partial charge in [-0.15, -0.1) is 0 Å². The van der Waals surface area contributed by atoms with Crippen molar-refractivity contribution in [3.63, 3.8) is 0 Å². The van der Waals surface area contributed by atoms with Gasteiger partial charge in [-0.05, 0) is 70.6 Å². The Labute approximate surface area is 131 Å². The predicted octanol–water partition coefficient (Wildman–Crippen LogP) is 3.95. The summed E-state index contributed by atoms with van der Waals surface area (Å²) in [5, 5.41) is 2.81. The first kappa shape index (κ1) is 14.6. The van der Waals surface area contributed by atoms with Crippen LogP contribution in [0.4, 0.5) is 5.69 Å². The number of rotatable bonds is 4. The number of carbonyl (C=O) groups is 1. The molecule has 0 bridgehead atoms. The molecule has 2 aromatic carbocycles.